The van der Waals surface area contributed by atoms with E-state index < -0.39 is 5.97 Å². The Kier molecular flexibility index (Phi) is 5.76. The van der Waals surface area contributed by atoms with Crippen LogP contribution in [0.1, 0.15) is 35.4 Å². The molecule has 2 N–H and O–H groups in total. The molecular weight excluding hydrogens is 334 g/mol. The quantitative estimate of drug-likeness (QED) is 0.820. The molecule has 1 atom stereocenters. The van der Waals surface area contributed by atoms with Crippen molar-refractivity contribution in [1.82, 2.24) is 0 Å². The molecule has 2 aromatic carbocycles. The third-order valence-electron chi connectivity index (χ3n) is 4.37. The SMILES string of the molecule is O=C(O)CSCc1cccc(NC(=O)C2CCCc3ccccc32)c1. The van der Waals surface area contributed by atoms with Crippen molar-refractivity contribution in [3.05, 3.63) is 65.2 Å². The van der Waals surface area contributed by atoms with Gasteiger partial charge >= 0.3 is 5.97 Å². The summed E-state index contributed by atoms with van der Waals surface area (Å²) in [4.78, 5) is 23.4. The molecule has 0 radical (unpaired) electrons. The van der Waals surface area contributed by atoms with Crippen LogP contribution in [0.25, 0.3) is 0 Å². The van der Waals surface area contributed by atoms with Crippen molar-refractivity contribution in [2.75, 3.05) is 11.1 Å². The largest absolute Gasteiger partial charge is 0.481 e. The number of aliphatic carboxylic acids is 1. The number of carbonyl (C=O) groups is 2. The van der Waals surface area contributed by atoms with E-state index in [2.05, 4.69) is 17.4 Å². The Labute approximate surface area is 151 Å². The number of aryl methyl sites for hydroxylation is 1. The molecule has 0 aromatic heterocycles. The van der Waals surface area contributed by atoms with Gasteiger partial charge in [0.25, 0.3) is 0 Å². The highest BCUT2D eigenvalue weighted by Crippen LogP contribution is 2.32. The molecule has 1 amide bonds. The van der Waals surface area contributed by atoms with Gasteiger partial charge in [0.15, 0.2) is 0 Å². The lowest BCUT2D eigenvalue weighted by Crippen LogP contribution is -2.24. The summed E-state index contributed by atoms with van der Waals surface area (Å²) in [6.45, 7) is 0. The van der Waals surface area contributed by atoms with Crippen LogP contribution in [0.15, 0.2) is 48.5 Å². The van der Waals surface area contributed by atoms with E-state index in [-0.39, 0.29) is 17.6 Å². The van der Waals surface area contributed by atoms with E-state index >= 15 is 0 Å². The smallest absolute Gasteiger partial charge is 0.313 e. The highest BCUT2D eigenvalue weighted by molar-refractivity contribution is 7.99. The molecule has 0 bridgehead atoms. The summed E-state index contributed by atoms with van der Waals surface area (Å²) in [5.41, 5.74) is 4.18. The number of carbonyl (C=O) groups excluding carboxylic acids is 1. The molecule has 1 unspecified atom stereocenters. The van der Waals surface area contributed by atoms with Crippen LogP contribution in [0.4, 0.5) is 5.69 Å². The Morgan fingerprint density at radius 1 is 1.16 bits per heavy atom. The number of hydrogen-bond acceptors (Lipinski definition) is 3. The molecule has 0 saturated heterocycles. The third-order valence-corrected chi connectivity index (χ3v) is 5.36. The number of fused-ring (bicyclic) bond motifs is 1. The van der Waals surface area contributed by atoms with Crippen molar-refractivity contribution >= 4 is 29.3 Å². The minimum atomic E-state index is -0.814. The number of amides is 1. The highest BCUT2D eigenvalue weighted by atomic mass is 32.2. The van der Waals surface area contributed by atoms with Crippen molar-refractivity contribution in [3.8, 4) is 0 Å². The highest BCUT2D eigenvalue weighted by Gasteiger charge is 2.26. The Morgan fingerprint density at radius 3 is 2.84 bits per heavy atom. The predicted octanol–water partition coefficient (Wildman–Crippen LogP) is 4.06. The maximum atomic E-state index is 12.8. The first kappa shape index (κ1) is 17.5. The molecule has 5 heteroatoms. The lowest BCUT2D eigenvalue weighted by atomic mass is 9.82. The lowest BCUT2D eigenvalue weighted by molar-refractivity contribution is -0.133. The van der Waals surface area contributed by atoms with E-state index in [1.807, 2.05) is 36.4 Å². The molecule has 130 valence electrons. The number of carboxylic acid groups (broad SMARTS) is 1. The normalized spacial score (nSPS) is 16.1. The molecule has 25 heavy (non-hydrogen) atoms. The van der Waals surface area contributed by atoms with Crippen molar-refractivity contribution in [2.45, 2.75) is 30.9 Å². The fraction of sp³-hybridized carbons (Fsp3) is 0.300. The van der Waals surface area contributed by atoms with Gasteiger partial charge in [0.2, 0.25) is 5.91 Å². The second-order valence-corrected chi connectivity index (χ2v) is 7.21. The minimum absolute atomic E-state index is 0.0301. The van der Waals surface area contributed by atoms with Gasteiger partial charge in [0, 0.05) is 11.4 Å². The topological polar surface area (TPSA) is 66.4 Å². The van der Waals surface area contributed by atoms with E-state index in [1.54, 1.807) is 0 Å². The Balaban J connectivity index is 1.66. The van der Waals surface area contributed by atoms with Crippen LogP contribution >= 0.6 is 11.8 Å². The van der Waals surface area contributed by atoms with Crippen molar-refractivity contribution in [2.24, 2.45) is 0 Å². The summed E-state index contributed by atoms with van der Waals surface area (Å²) in [5, 5.41) is 11.7. The van der Waals surface area contributed by atoms with Gasteiger partial charge in [-0.1, -0.05) is 36.4 Å². The van der Waals surface area contributed by atoms with Crippen LogP contribution in [-0.2, 0) is 21.8 Å². The molecular formula is C20H21NO3S. The maximum Gasteiger partial charge on any atom is 0.313 e. The zero-order valence-corrected chi connectivity index (χ0v) is 14.7. The van der Waals surface area contributed by atoms with Gasteiger partial charge in [-0.15, -0.1) is 11.8 Å². The number of nitrogens with one attached hydrogen (secondary N) is 1. The van der Waals surface area contributed by atoms with Gasteiger partial charge < -0.3 is 10.4 Å². The Morgan fingerprint density at radius 2 is 2.00 bits per heavy atom. The van der Waals surface area contributed by atoms with Crippen molar-refractivity contribution in [1.29, 1.82) is 0 Å². The molecule has 1 aliphatic rings. The maximum absolute atomic E-state index is 12.8. The van der Waals surface area contributed by atoms with Gasteiger partial charge in [0.05, 0.1) is 11.7 Å². The zero-order valence-electron chi connectivity index (χ0n) is 13.9. The molecule has 0 spiro atoms. The molecule has 2 aromatic rings. The van der Waals surface area contributed by atoms with E-state index in [0.717, 1.165) is 36.1 Å². The van der Waals surface area contributed by atoms with Crippen LogP contribution in [0.2, 0.25) is 0 Å². The predicted molar refractivity (Wildman–Crippen MR) is 101 cm³/mol. The zero-order chi connectivity index (χ0) is 17.6. The average Bonchev–Trinajstić information content (AvgIpc) is 2.61. The Hall–Kier alpha value is -2.27. The monoisotopic (exact) mass is 355 g/mol. The van der Waals surface area contributed by atoms with Gasteiger partial charge in [0.1, 0.15) is 0 Å². The fourth-order valence-electron chi connectivity index (χ4n) is 3.25. The number of thioether (sulfide) groups is 1. The molecule has 0 aliphatic heterocycles. The minimum Gasteiger partial charge on any atom is -0.481 e. The van der Waals surface area contributed by atoms with Crippen LogP contribution in [-0.4, -0.2) is 22.7 Å². The van der Waals surface area contributed by atoms with Gasteiger partial charge in [-0.25, -0.2) is 0 Å². The number of hydrogen-bond donors (Lipinski definition) is 2. The van der Waals surface area contributed by atoms with Crippen LogP contribution in [0.5, 0.6) is 0 Å². The van der Waals surface area contributed by atoms with Crippen LogP contribution < -0.4 is 5.32 Å². The van der Waals surface area contributed by atoms with E-state index in [9.17, 15) is 9.59 Å². The second kappa shape index (κ2) is 8.21. The first-order valence-corrected chi connectivity index (χ1v) is 9.56. The first-order chi connectivity index (χ1) is 12.1. The summed E-state index contributed by atoms with van der Waals surface area (Å²) < 4.78 is 0. The van der Waals surface area contributed by atoms with E-state index in [1.165, 1.54) is 17.3 Å². The summed E-state index contributed by atoms with van der Waals surface area (Å²) in [5.74, 6) is -0.194. The summed E-state index contributed by atoms with van der Waals surface area (Å²) in [7, 11) is 0. The molecule has 3 rings (SSSR count). The number of carboxylic acids is 1. The Bertz CT molecular complexity index is 775. The molecule has 4 nitrogen and oxygen atoms in total. The standard InChI is InChI=1S/C20H21NO3S/c22-19(23)13-25-12-14-5-3-8-16(11-14)21-20(24)18-10-4-7-15-6-1-2-9-17(15)18/h1-3,5-6,8-9,11,18H,4,7,10,12-13H2,(H,21,24)(H,22,23). The van der Waals surface area contributed by atoms with E-state index in [0.29, 0.717) is 5.75 Å². The second-order valence-electron chi connectivity index (χ2n) is 6.22. The average molecular weight is 355 g/mol. The first-order valence-electron chi connectivity index (χ1n) is 8.40. The van der Waals surface area contributed by atoms with Crippen LogP contribution in [0, 0.1) is 0 Å². The van der Waals surface area contributed by atoms with E-state index in [4.69, 9.17) is 5.11 Å². The van der Waals surface area contributed by atoms with Gasteiger partial charge in [-0.05, 0) is 48.1 Å². The van der Waals surface area contributed by atoms with Crippen molar-refractivity contribution < 1.29 is 14.7 Å². The van der Waals surface area contributed by atoms with Gasteiger partial charge in [-0.2, -0.15) is 0 Å². The molecule has 0 fully saturated rings. The van der Waals surface area contributed by atoms with Crippen molar-refractivity contribution in [3.63, 3.8) is 0 Å². The number of benzene rings is 2. The summed E-state index contributed by atoms with van der Waals surface area (Å²) in [6, 6.07) is 15.8. The third kappa shape index (κ3) is 4.63. The number of rotatable bonds is 6. The van der Waals surface area contributed by atoms with Gasteiger partial charge in [-0.3, -0.25) is 9.59 Å². The molecule has 1 aliphatic carbocycles. The van der Waals surface area contributed by atoms with Crippen LogP contribution in [0.3, 0.4) is 0 Å². The number of anilines is 1. The summed E-state index contributed by atoms with van der Waals surface area (Å²) >= 11 is 1.35. The molecule has 0 heterocycles. The molecule has 0 saturated carbocycles. The summed E-state index contributed by atoms with van der Waals surface area (Å²) in [6.07, 6.45) is 2.94. The fourth-order valence-corrected chi connectivity index (χ4v) is 3.94. The lowest BCUT2D eigenvalue weighted by Gasteiger charge is -2.24.